The number of nitrogens with zero attached hydrogens (tertiary/aromatic N) is 1. The van der Waals surface area contributed by atoms with Crippen LogP contribution >= 0.6 is 0 Å². The van der Waals surface area contributed by atoms with Crippen LogP contribution in [0.4, 0.5) is 0 Å². The van der Waals surface area contributed by atoms with Crippen LogP contribution in [0, 0.1) is 0 Å². The smallest absolute Gasteiger partial charge is 0.181 e. The number of benzene rings is 1. The third kappa shape index (κ3) is 1.82. The molecule has 0 aliphatic carbocycles. The van der Waals surface area contributed by atoms with Gasteiger partial charge < -0.3 is 13.9 Å². The number of rotatable bonds is 4. The van der Waals surface area contributed by atoms with Gasteiger partial charge in [0.2, 0.25) is 0 Å². The van der Waals surface area contributed by atoms with Crippen LogP contribution in [-0.4, -0.2) is 24.0 Å². The number of aromatic nitrogens is 1. The Morgan fingerprint density at radius 3 is 2.94 bits per heavy atom. The number of hydrogen-bond acceptors (Lipinski definition) is 4. The van der Waals surface area contributed by atoms with Gasteiger partial charge in [0, 0.05) is 11.8 Å². The van der Waals surface area contributed by atoms with Crippen molar-refractivity contribution < 1.29 is 13.9 Å². The highest BCUT2D eigenvalue weighted by atomic mass is 16.5. The molecule has 1 aromatic heterocycles. The van der Waals surface area contributed by atoms with Gasteiger partial charge in [-0.3, -0.25) is 0 Å². The summed E-state index contributed by atoms with van der Waals surface area (Å²) in [6.45, 7) is 2.99. The van der Waals surface area contributed by atoms with Crippen LogP contribution in [0.5, 0.6) is 0 Å². The molecule has 2 aromatic rings. The van der Waals surface area contributed by atoms with Crippen molar-refractivity contribution in [1.29, 1.82) is 0 Å². The molecule has 1 fully saturated rings. The van der Waals surface area contributed by atoms with Crippen LogP contribution in [0.3, 0.4) is 0 Å². The summed E-state index contributed by atoms with van der Waals surface area (Å²) in [6, 6.07) is 6.04. The van der Waals surface area contributed by atoms with Crippen molar-refractivity contribution in [2.45, 2.75) is 25.2 Å². The number of carbonyl (C=O) groups excluding carboxylic acids is 1. The van der Waals surface area contributed by atoms with Gasteiger partial charge in [-0.05, 0) is 31.0 Å². The zero-order chi connectivity index (χ0) is 12.6. The molecule has 0 saturated carbocycles. The van der Waals surface area contributed by atoms with Crippen molar-refractivity contribution in [3.05, 3.63) is 30.2 Å². The van der Waals surface area contributed by atoms with Gasteiger partial charge in [-0.25, -0.2) is 4.98 Å². The van der Waals surface area contributed by atoms with E-state index in [0.29, 0.717) is 19.6 Å². The van der Waals surface area contributed by atoms with E-state index in [1.807, 2.05) is 12.1 Å². The highest BCUT2D eigenvalue weighted by Crippen LogP contribution is 2.38. The van der Waals surface area contributed by atoms with E-state index in [4.69, 9.17) is 9.15 Å². The molecular formula is C14H15NO3. The minimum Gasteiger partial charge on any atom is -0.443 e. The second-order valence-corrected chi connectivity index (χ2v) is 5.01. The molecule has 1 aromatic carbocycles. The van der Waals surface area contributed by atoms with E-state index in [9.17, 15) is 4.79 Å². The second-order valence-electron chi connectivity index (χ2n) is 5.01. The highest BCUT2D eigenvalue weighted by molar-refractivity contribution is 5.76. The minimum atomic E-state index is -0.0212. The summed E-state index contributed by atoms with van der Waals surface area (Å²) in [5.74, 6) is 0.224. The van der Waals surface area contributed by atoms with Crippen LogP contribution in [0.2, 0.25) is 0 Å². The van der Waals surface area contributed by atoms with E-state index >= 15 is 0 Å². The van der Waals surface area contributed by atoms with Gasteiger partial charge in [-0.2, -0.15) is 0 Å². The quantitative estimate of drug-likeness (QED) is 0.830. The summed E-state index contributed by atoms with van der Waals surface area (Å²) in [4.78, 5) is 15.3. The van der Waals surface area contributed by atoms with E-state index in [-0.39, 0.29) is 11.2 Å². The van der Waals surface area contributed by atoms with E-state index in [1.54, 1.807) is 6.92 Å². The monoisotopic (exact) mass is 245 g/mol. The van der Waals surface area contributed by atoms with Crippen molar-refractivity contribution in [1.82, 2.24) is 4.98 Å². The molecule has 0 bridgehead atoms. The maximum Gasteiger partial charge on any atom is 0.181 e. The fraction of sp³-hybridized carbons (Fsp3) is 0.429. The zero-order valence-corrected chi connectivity index (χ0v) is 10.3. The number of carbonyl (C=O) groups is 1. The highest BCUT2D eigenvalue weighted by Gasteiger charge is 2.40. The summed E-state index contributed by atoms with van der Waals surface area (Å²) in [6.07, 6.45) is 2.88. The molecule has 0 N–H and O–H groups in total. The molecule has 3 rings (SSSR count). The van der Waals surface area contributed by atoms with Gasteiger partial charge in [0.25, 0.3) is 0 Å². The van der Waals surface area contributed by atoms with Crippen LogP contribution in [0.1, 0.15) is 25.3 Å². The zero-order valence-electron chi connectivity index (χ0n) is 10.3. The van der Waals surface area contributed by atoms with Gasteiger partial charge in [-0.1, -0.05) is 6.07 Å². The summed E-state index contributed by atoms with van der Waals surface area (Å²) in [7, 11) is 0. The number of oxazole rings is 1. The number of Topliss-reactive ketones (excluding diaryl/α,β-unsaturated/α-hetero) is 1. The average molecular weight is 245 g/mol. The Labute approximate surface area is 105 Å². The van der Waals surface area contributed by atoms with E-state index < -0.39 is 0 Å². The van der Waals surface area contributed by atoms with E-state index in [1.165, 1.54) is 12.0 Å². The Morgan fingerprint density at radius 1 is 1.44 bits per heavy atom. The van der Waals surface area contributed by atoms with Gasteiger partial charge in [0.05, 0.1) is 13.2 Å². The first-order valence-electron chi connectivity index (χ1n) is 6.11. The number of hydrogen-bond donors (Lipinski definition) is 0. The summed E-state index contributed by atoms with van der Waals surface area (Å²) in [5, 5.41) is 0. The number of ketones is 1. The molecule has 4 heteroatoms. The van der Waals surface area contributed by atoms with Crippen molar-refractivity contribution in [3.63, 3.8) is 0 Å². The lowest BCUT2D eigenvalue weighted by molar-refractivity contribution is -0.119. The van der Waals surface area contributed by atoms with Crippen LogP contribution in [0.15, 0.2) is 29.0 Å². The molecule has 4 nitrogen and oxygen atoms in total. The van der Waals surface area contributed by atoms with Crippen molar-refractivity contribution >= 4 is 16.9 Å². The van der Waals surface area contributed by atoms with Crippen LogP contribution in [-0.2, 0) is 14.9 Å². The van der Waals surface area contributed by atoms with Gasteiger partial charge in [0.15, 0.2) is 12.0 Å². The number of ether oxygens (including phenoxy) is 1. The third-order valence-electron chi connectivity index (χ3n) is 3.66. The Bertz CT molecular complexity index is 583. The van der Waals surface area contributed by atoms with Crippen LogP contribution < -0.4 is 0 Å². The molecule has 18 heavy (non-hydrogen) atoms. The maximum atomic E-state index is 11.2. The lowest BCUT2D eigenvalue weighted by Crippen LogP contribution is -2.46. The summed E-state index contributed by atoms with van der Waals surface area (Å²) < 4.78 is 10.7. The lowest BCUT2D eigenvalue weighted by Gasteiger charge is -2.42. The molecule has 0 atom stereocenters. The molecule has 0 unspecified atom stereocenters. The first-order chi connectivity index (χ1) is 8.70. The molecule has 2 heterocycles. The molecule has 1 saturated heterocycles. The third-order valence-corrected chi connectivity index (χ3v) is 3.66. The van der Waals surface area contributed by atoms with Crippen molar-refractivity contribution in [2.24, 2.45) is 0 Å². The molecular weight excluding hydrogens is 230 g/mol. The molecule has 0 spiro atoms. The minimum absolute atomic E-state index is 0.0212. The van der Waals surface area contributed by atoms with Crippen molar-refractivity contribution in [2.75, 3.05) is 13.2 Å². The van der Waals surface area contributed by atoms with Gasteiger partial charge in [0.1, 0.15) is 11.3 Å². The molecule has 0 amide bonds. The fourth-order valence-electron chi connectivity index (χ4n) is 2.40. The Balaban J connectivity index is 1.92. The summed E-state index contributed by atoms with van der Waals surface area (Å²) >= 11 is 0. The second kappa shape index (κ2) is 4.21. The van der Waals surface area contributed by atoms with Gasteiger partial charge >= 0.3 is 0 Å². The average Bonchev–Trinajstić information content (AvgIpc) is 2.74. The predicted molar refractivity (Wildman–Crippen MR) is 66.4 cm³/mol. The Morgan fingerprint density at radius 2 is 2.28 bits per heavy atom. The topological polar surface area (TPSA) is 52.3 Å². The molecule has 0 radical (unpaired) electrons. The lowest BCUT2D eigenvalue weighted by atomic mass is 9.74. The summed E-state index contributed by atoms with van der Waals surface area (Å²) in [5.41, 5.74) is 2.81. The van der Waals surface area contributed by atoms with E-state index in [2.05, 4.69) is 11.1 Å². The molecule has 1 aliphatic rings. The van der Waals surface area contributed by atoms with Gasteiger partial charge in [-0.15, -0.1) is 0 Å². The predicted octanol–water partition coefficient (Wildman–Crippen LogP) is 2.47. The van der Waals surface area contributed by atoms with Crippen molar-refractivity contribution in [3.8, 4) is 0 Å². The first kappa shape index (κ1) is 11.4. The SMILES string of the molecule is CC(=O)CCC1(c2ccc3ncoc3c2)COC1. The Hall–Kier alpha value is -1.68. The van der Waals surface area contributed by atoms with Crippen LogP contribution in [0.25, 0.3) is 11.1 Å². The maximum absolute atomic E-state index is 11.2. The fourth-order valence-corrected chi connectivity index (χ4v) is 2.40. The normalized spacial score (nSPS) is 17.6. The first-order valence-corrected chi connectivity index (χ1v) is 6.11. The molecule has 1 aliphatic heterocycles. The largest absolute Gasteiger partial charge is 0.443 e. The number of fused-ring (bicyclic) bond motifs is 1. The standard InChI is InChI=1S/C14H15NO3/c1-10(16)4-5-14(7-17-8-14)11-2-3-12-13(6-11)18-9-15-12/h2-3,6,9H,4-5,7-8H2,1H3. The Kier molecular flexibility index (Phi) is 2.67. The van der Waals surface area contributed by atoms with E-state index in [0.717, 1.165) is 17.5 Å². The molecule has 94 valence electrons.